The van der Waals surface area contributed by atoms with Crippen molar-refractivity contribution in [3.05, 3.63) is 71.8 Å². The third-order valence-electron chi connectivity index (χ3n) is 5.12. The van der Waals surface area contributed by atoms with E-state index in [0.29, 0.717) is 6.54 Å². The molecule has 0 aliphatic carbocycles. The van der Waals surface area contributed by atoms with E-state index >= 15 is 0 Å². The number of hydrogen-bond donors (Lipinski definition) is 1. The monoisotopic (exact) mass is 390 g/mol. The number of aryl methyl sites for hydroxylation is 2. The standard InChI is InChI=1S/C24H30N4O/c1-6-7-13-27(5)19(4)23-18(3)26-24(20-9-8-10-22(29)14-20)28(23)16-21-12-11-17(2)15-25-21/h8-12,14-15,29H,4,6-7,13,16H2,1-3,5H3. The fraction of sp³-hybridized carbons (Fsp3) is 0.333. The first-order valence-corrected chi connectivity index (χ1v) is 10.1. The topological polar surface area (TPSA) is 54.2 Å². The highest BCUT2D eigenvalue weighted by Gasteiger charge is 2.21. The zero-order valence-corrected chi connectivity index (χ0v) is 17.8. The second-order valence-corrected chi connectivity index (χ2v) is 7.55. The minimum atomic E-state index is 0.226. The number of aromatic hydroxyl groups is 1. The van der Waals surface area contributed by atoms with E-state index in [9.17, 15) is 5.11 Å². The molecule has 5 nitrogen and oxygen atoms in total. The van der Waals surface area contributed by atoms with Crippen LogP contribution in [-0.4, -0.2) is 38.1 Å². The third kappa shape index (κ3) is 4.67. The number of hydrogen-bond acceptors (Lipinski definition) is 4. The number of phenolic OH excluding ortho intramolecular Hbond substituents is 1. The van der Waals surface area contributed by atoms with E-state index in [2.05, 4.69) is 41.1 Å². The summed E-state index contributed by atoms with van der Waals surface area (Å²) in [5, 5.41) is 9.98. The number of imidazole rings is 1. The van der Waals surface area contributed by atoms with E-state index in [-0.39, 0.29) is 5.75 Å². The Morgan fingerprint density at radius 2 is 2.00 bits per heavy atom. The number of aromatic nitrogens is 3. The lowest BCUT2D eigenvalue weighted by atomic mass is 10.2. The second-order valence-electron chi connectivity index (χ2n) is 7.55. The van der Waals surface area contributed by atoms with E-state index in [1.54, 1.807) is 12.1 Å². The van der Waals surface area contributed by atoms with Gasteiger partial charge in [-0.3, -0.25) is 4.98 Å². The van der Waals surface area contributed by atoms with Gasteiger partial charge in [-0.1, -0.05) is 38.1 Å². The molecule has 5 heteroatoms. The first-order chi connectivity index (χ1) is 13.9. The Morgan fingerprint density at radius 3 is 2.66 bits per heavy atom. The molecule has 1 aromatic carbocycles. The van der Waals surface area contributed by atoms with Crippen molar-refractivity contribution < 1.29 is 5.11 Å². The van der Waals surface area contributed by atoms with Gasteiger partial charge in [0.1, 0.15) is 11.6 Å². The predicted octanol–water partition coefficient (Wildman–Crippen LogP) is 5.02. The van der Waals surface area contributed by atoms with Crippen LogP contribution in [0.1, 0.15) is 42.4 Å². The molecule has 29 heavy (non-hydrogen) atoms. The number of benzene rings is 1. The Morgan fingerprint density at radius 1 is 1.21 bits per heavy atom. The molecular weight excluding hydrogens is 360 g/mol. The molecular formula is C24H30N4O. The lowest BCUT2D eigenvalue weighted by Gasteiger charge is -2.23. The van der Waals surface area contributed by atoms with Gasteiger partial charge in [-0.25, -0.2) is 4.98 Å². The molecule has 0 amide bonds. The van der Waals surface area contributed by atoms with Crippen LogP contribution >= 0.6 is 0 Å². The van der Waals surface area contributed by atoms with Gasteiger partial charge in [0.2, 0.25) is 0 Å². The highest BCUT2D eigenvalue weighted by Crippen LogP contribution is 2.30. The van der Waals surface area contributed by atoms with Crippen molar-refractivity contribution in [3.63, 3.8) is 0 Å². The summed E-state index contributed by atoms with van der Waals surface area (Å²) in [5.41, 5.74) is 5.83. The molecule has 0 atom stereocenters. The van der Waals surface area contributed by atoms with E-state index in [1.165, 1.54) is 0 Å². The number of phenols is 1. The SMILES string of the molecule is C=C(c1c(C)nc(-c2cccc(O)c2)n1Cc1ccc(C)cn1)N(C)CCCC. The van der Waals surface area contributed by atoms with Gasteiger partial charge in [0.15, 0.2) is 0 Å². The van der Waals surface area contributed by atoms with Crippen LogP contribution in [0.4, 0.5) is 0 Å². The molecule has 0 radical (unpaired) electrons. The molecule has 0 saturated heterocycles. The zero-order chi connectivity index (χ0) is 21.0. The fourth-order valence-corrected chi connectivity index (χ4v) is 3.42. The first-order valence-electron chi connectivity index (χ1n) is 10.1. The maximum Gasteiger partial charge on any atom is 0.141 e. The summed E-state index contributed by atoms with van der Waals surface area (Å²) in [4.78, 5) is 11.6. The average Bonchev–Trinajstić information content (AvgIpc) is 3.03. The van der Waals surface area contributed by atoms with Crippen LogP contribution in [0, 0.1) is 13.8 Å². The summed E-state index contributed by atoms with van der Waals surface area (Å²) in [6.07, 6.45) is 4.13. The van der Waals surface area contributed by atoms with Gasteiger partial charge in [0, 0.05) is 25.4 Å². The normalized spacial score (nSPS) is 10.9. The van der Waals surface area contributed by atoms with Crippen molar-refractivity contribution >= 4 is 5.70 Å². The lowest BCUT2D eigenvalue weighted by Crippen LogP contribution is -2.20. The summed E-state index contributed by atoms with van der Waals surface area (Å²) in [7, 11) is 2.08. The second kappa shape index (κ2) is 8.95. The minimum absolute atomic E-state index is 0.226. The van der Waals surface area contributed by atoms with Gasteiger partial charge in [-0.2, -0.15) is 0 Å². The van der Waals surface area contributed by atoms with Gasteiger partial charge >= 0.3 is 0 Å². The summed E-state index contributed by atoms with van der Waals surface area (Å²) >= 11 is 0. The van der Waals surface area contributed by atoms with Crippen LogP contribution in [0.2, 0.25) is 0 Å². The molecule has 0 bridgehead atoms. The molecule has 0 aliphatic rings. The van der Waals surface area contributed by atoms with E-state index < -0.39 is 0 Å². The number of nitrogens with zero attached hydrogens (tertiary/aromatic N) is 4. The van der Waals surface area contributed by atoms with Crippen molar-refractivity contribution in [2.75, 3.05) is 13.6 Å². The molecule has 0 aliphatic heterocycles. The van der Waals surface area contributed by atoms with Gasteiger partial charge in [-0.15, -0.1) is 0 Å². The van der Waals surface area contributed by atoms with Crippen LogP contribution in [0.15, 0.2) is 49.2 Å². The van der Waals surface area contributed by atoms with Crippen molar-refractivity contribution in [1.29, 1.82) is 0 Å². The van der Waals surface area contributed by atoms with Crippen LogP contribution in [0.25, 0.3) is 17.1 Å². The highest BCUT2D eigenvalue weighted by atomic mass is 16.3. The van der Waals surface area contributed by atoms with Gasteiger partial charge in [0.25, 0.3) is 0 Å². The smallest absolute Gasteiger partial charge is 0.141 e. The van der Waals surface area contributed by atoms with Crippen LogP contribution in [0.3, 0.4) is 0 Å². The van der Waals surface area contributed by atoms with E-state index in [1.807, 2.05) is 38.2 Å². The molecule has 0 spiro atoms. The zero-order valence-electron chi connectivity index (χ0n) is 17.8. The Labute approximate surface area is 173 Å². The van der Waals surface area contributed by atoms with Crippen LogP contribution in [0.5, 0.6) is 5.75 Å². The molecule has 3 rings (SSSR count). The lowest BCUT2D eigenvalue weighted by molar-refractivity contribution is 0.459. The Balaban J connectivity index is 2.09. The molecule has 152 valence electrons. The number of rotatable bonds is 8. The molecule has 0 unspecified atom stereocenters. The van der Waals surface area contributed by atoms with E-state index in [4.69, 9.17) is 4.98 Å². The minimum Gasteiger partial charge on any atom is -0.508 e. The molecule has 2 heterocycles. The largest absolute Gasteiger partial charge is 0.508 e. The summed E-state index contributed by atoms with van der Waals surface area (Å²) < 4.78 is 2.16. The van der Waals surface area contributed by atoms with Crippen molar-refractivity contribution in [1.82, 2.24) is 19.4 Å². The molecule has 0 saturated carbocycles. The third-order valence-corrected chi connectivity index (χ3v) is 5.12. The van der Waals surface area contributed by atoms with Gasteiger partial charge < -0.3 is 14.6 Å². The summed E-state index contributed by atoms with van der Waals surface area (Å²) in [6.45, 7) is 12.1. The first kappa shape index (κ1) is 20.6. The van der Waals surface area contributed by atoms with Crippen LogP contribution in [-0.2, 0) is 6.54 Å². The Kier molecular flexibility index (Phi) is 6.37. The molecule has 1 N–H and O–H groups in total. The quantitative estimate of drug-likeness (QED) is 0.587. The van der Waals surface area contributed by atoms with Crippen LogP contribution < -0.4 is 0 Å². The fourth-order valence-electron chi connectivity index (χ4n) is 3.42. The van der Waals surface area contributed by atoms with Crippen molar-refractivity contribution in [2.24, 2.45) is 0 Å². The van der Waals surface area contributed by atoms with Crippen molar-refractivity contribution in [2.45, 2.75) is 40.2 Å². The van der Waals surface area contributed by atoms with Crippen molar-refractivity contribution in [3.8, 4) is 17.1 Å². The molecule has 2 aromatic heterocycles. The maximum atomic E-state index is 9.98. The maximum absolute atomic E-state index is 9.98. The van der Waals surface area contributed by atoms with Gasteiger partial charge in [-0.05, 0) is 44.0 Å². The molecule has 3 aromatic rings. The summed E-state index contributed by atoms with van der Waals surface area (Å²) in [6, 6.07) is 11.3. The highest BCUT2D eigenvalue weighted by molar-refractivity contribution is 5.67. The summed E-state index contributed by atoms with van der Waals surface area (Å²) in [5.74, 6) is 1.03. The Hall–Kier alpha value is -3.08. The van der Waals surface area contributed by atoms with Gasteiger partial charge in [0.05, 0.1) is 29.3 Å². The molecule has 0 fully saturated rings. The number of pyridine rings is 1. The van der Waals surface area contributed by atoms with E-state index in [0.717, 1.165) is 59.1 Å². The predicted molar refractivity (Wildman–Crippen MR) is 119 cm³/mol. The number of unbranched alkanes of at least 4 members (excludes halogenated alkanes) is 1. The Bertz CT molecular complexity index is 989. The average molecular weight is 391 g/mol.